The van der Waals surface area contributed by atoms with Crippen LogP contribution in [0.2, 0.25) is 5.02 Å². The van der Waals surface area contributed by atoms with Gasteiger partial charge in [-0.05, 0) is 92.7 Å². The fourth-order valence-corrected chi connectivity index (χ4v) is 8.44. The molecule has 0 fully saturated rings. The smallest absolute Gasteiger partial charge is 0.194 e. The zero-order valence-corrected chi connectivity index (χ0v) is 28.5. The fraction of sp³-hybridized carbons (Fsp3) is 0.459. The lowest BCUT2D eigenvalue weighted by atomic mass is 9.95. The molecule has 11 heteroatoms. The third-order valence-electron chi connectivity index (χ3n) is 10.4. The molecule has 252 valence electrons. The summed E-state index contributed by atoms with van der Waals surface area (Å²) in [5.74, 6) is 0.899. The number of ether oxygens (including phenoxy) is 1. The molecule has 6 heterocycles. The fourth-order valence-electron chi connectivity index (χ4n) is 8.19. The Morgan fingerprint density at radius 2 is 1.81 bits per heavy atom. The highest BCUT2D eigenvalue weighted by Gasteiger charge is 2.29. The summed E-state index contributed by atoms with van der Waals surface area (Å²) in [5, 5.41) is 40.2. The topological polar surface area (TPSA) is 114 Å². The second-order valence-corrected chi connectivity index (χ2v) is 13.9. The van der Waals surface area contributed by atoms with Crippen molar-refractivity contribution in [2.45, 2.75) is 83.7 Å². The molecule has 0 aliphatic carbocycles. The molecule has 3 aliphatic rings. The van der Waals surface area contributed by atoms with Gasteiger partial charge in [-0.25, -0.2) is 0 Å². The molecular weight excluding hydrogens is 626 g/mol. The van der Waals surface area contributed by atoms with E-state index in [-0.39, 0.29) is 0 Å². The van der Waals surface area contributed by atoms with E-state index in [9.17, 15) is 10.2 Å². The van der Waals surface area contributed by atoms with Crippen molar-refractivity contribution in [3.8, 4) is 16.9 Å². The van der Waals surface area contributed by atoms with Gasteiger partial charge in [0.05, 0.1) is 39.9 Å². The van der Waals surface area contributed by atoms with Crippen LogP contribution < -0.4 is 15.4 Å². The van der Waals surface area contributed by atoms with Gasteiger partial charge in [0.1, 0.15) is 5.75 Å². The van der Waals surface area contributed by atoms with Gasteiger partial charge in [-0.1, -0.05) is 23.7 Å². The second-order valence-electron chi connectivity index (χ2n) is 13.5. The Kier molecular flexibility index (Phi) is 8.44. The third-order valence-corrected chi connectivity index (χ3v) is 10.7. The number of aliphatic hydroxyl groups is 2. The molecule has 8 rings (SSSR count). The lowest BCUT2D eigenvalue weighted by Crippen LogP contribution is -2.15. The van der Waals surface area contributed by atoms with Crippen LogP contribution >= 0.6 is 11.6 Å². The Balaban J connectivity index is 1.25. The lowest BCUT2D eigenvalue weighted by molar-refractivity contribution is -0.0481. The molecule has 0 atom stereocenters. The lowest BCUT2D eigenvalue weighted by Gasteiger charge is -2.23. The molecule has 0 spiro atoms. The summed E-state index contributed by atoms with van der Waals surface area (Å²) in [6, 6.07) is 10.7. The highest BCUT2D eigenvalue weighted by molar-refractivity contribution is 6.35. The number of aliphatic hydroxyl groups excluding tert-OH is 1. The van der Waals surface area contributed by atoms with E-state index in [1.807, 2.05) is 35.5 Å². The van der Waals surface area contributed by atoms with Gasteiger partial charge in [-0.2, -0.15) is 10.2 Å². The predicted molar refractivity (Wildman–Crippen MR) is 187 cm³/mol. The summed E-state index contributed by atoms with van der Waals surface area (Å²) < 4.78 is 12.6. The Hall–Kier alpha value is -3.83. The summed E-state index contributed by atoms with van der Waals surface area (Å²) in [4.78, 5) is 0. The van der Waals surface area contributed by atoms with Crippen LogP contribution in [-0.4, -0.2) is 47.5 Å². The first-order valence-corrected chi connectivity index (χ1v) is 17.7. The van der Waals surface area contributed by atoms with Crippen molar-refractivity contribution in [2.24, 2.45) is 14.1 Å². The van der Waals surface area contributed by atoms with Crippen LogP contribution in [0.1, 0.15) is 77.1 Å². The van der Waals surface area contributed by atoms with Gasteiger partial charge in [-0.3, -0.25) is 9.36 Å². The van der Waals surface area contributed by atoms with Crippen LogP contribution in [0, 0.1) is 0 Å². The second kappa shape index (κ2) is 12.9. The first-order chi connectivity index (χ1) is 23.4. The number of rotatable bonds is 1. The van der Waals surface area contributed by atoms with Crippen molar-refractivity contribution >= 4 is 28.2 Å². The van der Waals surface area contributed by atoms with E-state index in [0.29, 0.717) is 43.3 Å². The van der Waals surface area contributed by atoms with Crippen molar-refractivity contribution in [3.63, 3.8) is 0 Å². The number of aryl methyl sites for hydroxylation is 7. The first-order valence-electron chi connectivity index (χ1n) is 17.4. The average Bonchev–Trinajstić information content (AvgIpc) is 3.72. The molecule has 0 unspecified atom stereocenters. The number of halogens is 1. The van der Waals surface area contributed by atoms with Crippen LogP contribution in [0.3, 0.4) is 0 Å². The van der Waals surface area contributed by atoms with Crippen LogP contribution in [0.25, 0.3) is 22.0 Å². The Morgan fingerprint density at radius 3 is 2.69 bits per heavy atom. The van der Waals surface area contributed by atoms with Crippen molar-refractivity contribution in [1.82, 2.24) is 29.4 Å². The number of anilines is 1. The first kappa shape index (κ1) is 31.4. The van der Waals surface area contributed by atoms with E-state index in [2.05, 4.69) is 33.5 Å². The summed E-state index contributed by atoms with van der Waals surface area (Å²) in [6.45, 7) is 3.50. The Bertz CT molecular complexity index is 2010. The van der Waals surface area contributed by atoms with E-state index in [1.165, 1.54) is 22.5 Å². The highest BCUT2D eigenvalue weighted by Crippen LogP contribution is 2.44. The summed E-state index contributed by atoms with van der Waals surface area (Å²) in [5.41, 5.74) is 12.3. The minimum atomic E-state index is -1.63. The van der Waals surface area contributed by atoms with Crippen LogP contribution in [0.15, 0.2) is 30.3 Å². The highest BCUT2D eigenvalue weighted by atomic mass is 35.5. The maximum Gasteiger partial charge on any atom is 0.194 e. The van der Waals surface area contributed by atoms with Gasteiger partial charge >= 0.3 is 0 Å². The molecule has 4 N–H and O–H groups in total. The van der Waals surface area contributed by atoms with Crippen LogP contribution in [-0.2, 0) is 65.8 Å². The van der Waals surface area contributed by atoms with Gasteiger partial charge in [0.25, 0.3) is 0 Å². The Morgan fingerprint density at radius 1 is 0.917 bits per heavy atom. The number of nitrogens with zero attached hydrogens (tertiary/aromatic N) is 5. The maximum absolute atomic E-state index is 10.7. The zero-order valence-electron chi connectivity index (χ0n) is 27.8. The quantitative estimate of drug-likeness (QED) is 0.174. The van der Waals surface area contributed by atoms with E-state index in [4.69, 9.17) is 26.5 Å². The van der Waals surface area contributed by atoms with Gasteiger partial charge in [0.2, 0.25) is 0 Å². The van der Waals surface area contributed by atoms with Gasteiger partial charge in [0, 0.05) is 68.2 Å². The molecule has 3 aromatic heterocycles. The number of hydrogen-bond acceptors (Lipinski definition) is 7. The summed E-state index contributed by atoms with van der Waals surface area (Å²) in [6.07, 6.45) is 6.75. The minimum Gasteiger partial charge on any atom is -0.491 e. The molecule has 48 heavy (non-hydrogen) atoms. The number of hydrogen-bond donors (Lipinski definition) is 4. The predicted octanol–water partition coefficient (Wildman–Crippen LogP) is 5.51. The monoisotopic (exact) mass is 669 g/mol. The van der Waals surface area contributed by atoms with Crippen molar-refractivity contribution in [3.05, 3.63) is 80.5 Å². The Labute approximate surface area is 285 Å². The van der Waals surface area contributed by atoms with E-state index >= 15 is 0 Å². The molecule has 8 bridgehead atoms. The van der Waals surface area contributed by atoms with Gasteiger partial charge in [-0.15, -0.1) is 0 Å². The minimum absolute atomic E-state index is 0.489. The molecule has 0 amide bonds. The maximum atomic E-state index is 10.7. The molecule has 2 aromatic carbocycles. The third kappa shape index (κ3) is 5.58. The van der Waals surface area contributed by atoms with Gasteiger partial charge < -0.3 is 30.2 Å². The molecule has 10 nitrogen and oxygen atoms in total. The molecule has 0 radical (unpaired) electrons. The van der Waals surface area contributed by atoms with E-state index in [0.717, 1.165) is 108 Å². The molecule has 0 saturated heterocycles. The molecule has 0 saturated carbocycles. The summed E-state index contributed by atoms with van der Waals surface area (Å²) in [7, 11) is 3.93. The number of aromatic nitrogens is 5. The van der Waals surface area contributed by atoms with Gasteiger partial charge in [0.15, 0.2) is 6.29 Å². The van der Waals surface area contributed by atoms with Crippen molar-refractivity contribution < 1.29 is 14.9 Å². The van der Waals surface area contributed by atoms with E-state index in [1.54, 1.807) is 0 Å². The summed E-state index contributed by atoms with van der Waals surface area (Å²) >= 11 is 7.11. The number of benzene rings is 2. The van der Waals surface area contributed by atoms with Crippen molar-refractivity contribution in [2.75, 3.05) is 18.5 Å². The molecule has 3 aliphatic heterocycles. The number of fused-ring (bicyclic) bond motifs is 10. The zero-order chi connectivity index (χ0) is 32.9. The normalized spacial score (nSPS) is 17.0. The largest absolute Gasteiger partial charge is 0.491 e. The average molecular weight is 670 g/mol. The SMILES string of the molecule is Cn1nc2cc1CCc1cc3c(c(c1)OCCCc1c(C(O)O)n(C)c4c(c(Cl)ccc14)-c1c(nn4c1CCCC4)CNC2)NCCC3. The molecular formula is C37H44ClN7O3. The molecule has 5 aromatic rings. The van der Waals surface area contributed by atoms with E-state index < -0.39 is 6.29 Å². The van der Waals surface area contributed by atoms with Crippen molar-refractivity contribution in [1.29, 1.82) is 0 Å². The van der Waals surface area contributed by atoms with Crippen LogP contribution in [0.4, 0.5) is 5.69 Å². The standard InChI is InChI=1S/C37H44ClN7O3/c1-43-35-27-12-13-28(38)32(35)33-29(42-45-15-4-3-9-30(33)45)21-39-20-24-19-25(44(2)41-24)11-10-22-17-23-7-5-14-40-34(23)31(18-22)48-16-6-8-26(27)36(43)37(46)47/h12-13,17-19,37,39-40,46-47H,3-11,14-16,20-21H2,1-2H3. The number of nitrogens with one attached hydrogen (secondary N) is 2. The van der Waals surface area contributed by atoms with Crippen LogP contribution in [0.5, 0.6) is 5.75 Å².